The number of nitrogens with one attached hydrogen (secondary N) is 2. The Kier molecular flexibility index (Phi) is 5.31. The van der Waals surface area contributed by atoms with Gasteiger partial charge in [-0.15, -0.1) is 0 Å². The molecule has 2 saturated heterocycles. The van der Waals surface area contributed by atoms with Crippen LogP contribution in [0.1, 0.15) is 47.6 Å². The average molecular weight is 425 g/mol. The molecular weight excluding hydrogens is 400 g/mol. The molecule has 2 aromatic heterocycles. The molecule has 5 rings (SSSR count). The van der Waals surface area contributed by atoms with Crippen molar-refractivity contribution in [2.75, 3.05) is 24.5 Å². The van der Waals surface area contributed by atoms with Crippen LogP contribution in [-0.4, -0.2) is 41.2 Å². The highest BCUT2D eigenvalue weighted by atomic mass is 19.1. The second-order valence-electron chi connectivity index (χ2n) is 8.29. The molecule has 0 saturated carbocycles. The van der Waals surface area contributed by atoms with E-state index in [-0.39, 0.29) is 18.0 Å². The third kappa shape index (κ3) is 3.87. The second kappa shape index (κ2) is 8.26. The van der Waals surface area contributed by atoms with Gasteiger partial charge in [-0.25, -0.2) is 13.3 Å². The smallest absolute Gasteiger partial charge is 0.255 e. The van der Waals surface area contributed by atoms with Gasteiger partial charge in [-0.1, -0.05) is 0 Å². The minimum absolute atomic E-state index is 0.131. The molecule has 4 heterocycles. The van der Waals surface area contributed by atoms with E-state index < -0.39 is 11.6 Å². The fraction of sp³-hybridized carbons (Fsp3) is 0.391. The van der Waals surface area contributed by atoms with Gasteiger partial charge in [0.15, 0.2) is 0 Å². The van der Waals surface area contributed by atoms with Crippen molar-refractivity contribution in [1.82, 2.24) is 20.2 Å². The van der Waals surface area contributed by atoms with Gasteiger partial charge in [0.1, 0.15) is 11.6 Å². The summed E-state index contributed by atoms with van der Waals surface area (Å²) in [5.41, 5.74) is 2.46. The number of amides is 1. The summed E-state index contributed by atoms with van der Waals surface area (Å²) in [4.78, 5) is 15.0. The number of carbonyl (C=O) groups is 1. The van der Waals surface area contributed by atoms with Gasteiger partial charge < -0.3 is 15.5 Å². The zero-order valence-corrected chi connectivity index (χ0v) is 17.2. The maximum atomic E-state index is 14.4. The second-order valence-corrected chi connectivity index (χ2v) is 8.29. The first-order valence-electron chi connectivity index (χ1n) is 10.8. The molecule has 0 bridgehead atoms. The van der Waals surface area contributed by atoms with Crippen LogP contribution in [0.25, 0.3) is 5.52 Å². The molecule has 1 atom stereocenters. The van der Waals surface area contributed by atoms with Crippen LogP contribution in [0.15, 0.2) is 42.7 Å². The SMILES string of the molecule is O=C(NC1CCNCC1)c1cnn2ccc(N3CCCC3c3cc(F)ccc3F)cc12. The molecule has 2 N–H and O–H groups in total. The van der Waals surface area contributed by atoms with Crippen LogP contribution in [-0.2, 0) is 0 Å². The van der Waals surface area contributed by atoms with Crippen LogP contribution in [0.5, 0.6) is 0 Å². The van der Waals surface area contributed by atoms with Crippen molar-refractivity contribution in [1.29, 1.82) is 0 Å². The summed E-state index contributed by atoms with van der Waals surface area (Å²) in [7, 11) is 0. The van der Waals surface area contributed by atoms with E-state index >= 15 is 0 Å². The number of fused-ring (bicyclic) bond motifs is 1. The van der Waals surface area contributed by atoms with E-state index in [0.717, 1.165) is 57.1 Å². The van der Waals surface area contributed by atoms with Gasteiger partial charge in [0.05, 0.1) is 23.3 Å². The Labute approximate surface area is 179 Å². The lowest BCUT2D eigenvalue weighted by Crippen LogP contribution is -2.42. The van der Waals surface area contributed by atoms with Crippen molar-refractivity contribution in [2.24, 2.45) is 0 Å². The van der Waals surface area contributed by atoms with Crippen molar-refractivity contribution in [3.8, 4) is 0 Å². The van der Waals surface area contributed by atoms with Crippen LogP contribution in [0.4, 0.5) is 14.5 Å². The molecule has 0 aliphatic carbocycles. The minimum Gasteiger partial charge on any atom is -0.364 e. The van der Waals surface area contributed by atoms with Crippen molar-refractivity contribution >= 4 is 17.1 Å². The quantitative estimate of drug-likeness (QED) is 0.672. The van der Waals surface area contributed by atoms with E-state index in [1.807, 2.05) is 18.3 Å². The molecule has 0 spiro atoms. The summed E-state index contributed by atoms with van der Waals surface area (Å²) in [5, 5.41) is 10.7. The lowest BCUT2D eigenvalue weighted by atomic mass is 10.0. The summed E-state index contributed by atoms with van der Waals surface area (Å²) in [6.45, 7) is 2.54. The molecule has 162 valence electrons. The van der Waals surface area contributed by atoms with E-state index in [0.29, 0.717) is 16.6 Å². The molecule has 0 radical (unpaired) electrons. The number of rotatable bonds is 4. The van der Waals surface area contributed by atoms with E-state index in [4.69, 9.17) is 0 Å². The summed E-state index contributed by atoms with van der Waals surface area (Å²) < 4.78 is 29.9. The fourth-order valence-electron chi connectivity index (χ4n) is 4.72. The standard InChI is InChI=1S/C23H25F2N5O/c24-15-3-4-20(25)18(12-15)21-2-1-10-29(21)17-7-11-30-22(13-17)19(14-27-30)23(31)28-16-5-8-26-9-6-16/h3-4,7,11-14,16,21,26H,1-2,5-6,8-10H2,(H,28,31). The normalized spacial score (nSPS) is 19.8. The van der Waals surface area contributed by atoms with Crippen LogP contribution < -0.4 is 15.5 Å². The van der Waals surface area contributed by atoms with Gasteiger partial charge in [-0.3, -0.25) is 4.79 Å². The van der Waals surface area contributed by atoms with E-state index in [2.05, 4.69) is 20.6 Å². The maximum absolute atomic E-state index is 14.4. The average Bonchev–Trinajstić information content (AvgIpc) is 3.43. The van der Waals surface area contributed by atoms with Gasteiger partial charge in [0, 0.05) is 30.0 Å². The predicted molar refractivity (Wildman–Crippen MR) is 114 cm³/mol. The van der Waals surface area contributed by atoms with Crippen molar-refractivity contribution in [3.63, 3.8) is 0 Å². The number of nitrogens with zero attached hydrogens (tertiary/aromatic N) is 3. The number of anilines is 1. The largest absolute Gasteiger partial charge is 0.364 e. The van der Waals surface area contributed by atoms with Gasteiger partial charge in [0.2, 0.25) is 0 Å². The number of benzene rings is 1. The number of pyridine rings is 1. The Morgan fingerprint density at radius 1 is 1.13 bits per heavy atom. The topological polar surface area (TPSA) is 61.7 Å². The highest BCUT2D eigenvalue weighted by Gasteiger charge is 2.29. The predicted octanol–water partition coefficient (Wildman–Crippen LogP) is 3.44. The van der Waals surface area contributed by atoms with Crippen LogP contribution >= 0.6 is 0 Å². The third-order valence-corrected chi connectivity index (χ3v) is 6.33. The number of carbonyl (C=O) groups excluding carboxylic acids is 1. The monoisotopic (exact) mass is 425 g/mol. The zero-order valence-electron chi connectivity index (χ0n) is 17.2. The number of hydrogen-bond acceptors (Lipinski definition) is 4. The summed E-state index contributed by atoms with van der Waals surface area (Å²) >= 11 is 0. The van der Waals surface area contributed by atoms with E-state index in [1.54, 1.807) is 10.7 Å². The molecule has 8 heteroatoms. The van der Waals surface area contributed by atoms with Gasteiger partial charge in [0.25, 0.3) is 5.91 Å². The molecule has 1 amide bonds. The Balaban J connectivity index is 1.44. The lowest BCUT2D eigenvalue weighted by molar-refractivity contribution is 0.0931. The highest BCUT2D eigenvalue weighted by Crippen LogP contribution is 2.38. The third-order valence-electron chi connectivity index (χ3n) is 6.33. The zero-order chi connectivity index (χ0) is 21.4. The summed E-state index contributed by atoms with van der Waals surface area (Å²) in [6, 6.07) is 7.35. The van der Waals surface area contributed by atoms with Crippen molar-refractivity contribution in [3.05, 3.63) is 65.5 Å². The summed E-state index contributed by atoms with van der Waals surface area (Å²) in [6.07, 6.45) is 6.84. The molecule has 1 aromatic carbocycles. The Morgan fingerprint density at radius 2 is 1.97 bits per heavy atom. The molecule has 2 aliphatic heterocycles. The molecule has 1 unspecified atom stereocenters. The summed E-state index contributed by atoms with van der Waals surface area (Å²) in [5.74, 6) is -0.967. The molecule has 3 aromatic rings. The number of hydrogen-bond donors (Lipinski definition) is 2. The minimum atomic E-state index is -0.439. The first-order chi connectivity index (χ1) is 15.1. The molecule has 6 nitrogen and oxygen atoms in total. The maximum Gasteiger partial charge on any atom is 0.255 e. The Bertz CT molecular complexity index is 1110. The van der Waals surface area contributed by atoms with E-state index in [1.165, 1.54) is 12.1 Å². The number of piperidine rings is 1. The number of halogens is 2. The molecule has 2 fully saturated rings. The molecule has 2 aliphatic rings. The fourth-order valence-corrected chi connectivity index (χ4v) is 4.72. The first kappa shape index (κ1) is 19.9. The Morgan fingerprint density at radius 3 is 2.81 bits per heavy atom. The van der Waals surface area contributed by atoms with Gasteiger partial charge in [-0.2, -0.15) is 5.10 Å². The van der Waals surface area contributed by atoms with Crippen molar-refractivity contribution < 1.29 is 13.6 Å². The first-order valence-corrected chi connectivity index (χ1v) is 10.8. The molecule has 31 heavy (non-hydrogen) atoms. The molecular formula is C23H25F2N5O. The van der Waals surface area contributed by atoms with Gasteiger partial charge in [-0.05, 0) is 69.1 Å². The number of aromatic nitrogens is 2. The highest BCUT2D eigenvalue weighted by molar-refractivity contribution is 6.01. The van der Waals surface area contributed by atoms with Crippen LogP contribution in [0, 0.1) is 11.6 Å². The van der Waals surface area contributed by atoms with Gasteiger partial charge >= 0.3 is 0 Å². The Hall–Kier alpha value is -3.00. The van der Waals surface area contributed by atoms with Crippen LogP contribution in [0.3, 0.4) is 0 Å². The lowest BCUT2D eigenvalue weighted by Gasteiger charge is -2.27. The van der Waals surface area contributed by atoms with Crippen LogP contribution in [0.2, 0.25) is 0 Å². The van der Waals surface area contributed by atoms with E-state index in [9.17, 15) is 13.6 Å². The van der Waals surface area contributed by atoms with Crippen molar-refractivity contribution in [2.45, 2.75) is 37.8 Å².